The molecule has 0 saturated heterocycles. The standard InChI is InChI=1S/C30H26N2OS/c1-2-3-4-9-19-32-26-16-8-7-15-25(26)31-30(32)34-27-18-17-21-20-11-5-6-12-22(20)29(33)24-14-10-13-23(27)28(21)24/h5-8,10-18H,2-4,9,19H2,1H3. The molecule has 0 amide bonds. The molecule has 0 aliphatic heterocycles. The lowest BCUT2D eigenvalue weighted by Crippen LogP contribution is -2.09. The summed E-state index contributed by atoms with van der Waals surface area (Å²) in [7, 11) is 0. The van der Waals surface area contributed by atoms with Crippen LogP contribution in [-0.2, 0) is 6.54 Å². The molecular weight excluding hydrogens is 436 g/mol. The molecule has 4 aromatic carbocycles. The Bertz CT molecular complexity index is 1550. The van der Waals surface area contributed by atoms with Crippen LogP contribution >= 0.6 is 11.8 Å². The first-order valence-corrected chi connectivity index (χ1v) is 12.9. The summed E-state index contributed by atoms with van der Waals surface area (Å²) in [5.41, 5.74) is 5.97. The summed E-state index contributed by atoms with van der Waals surface area (Å²) in [5, 5.41) is 3.19. The van der Waals surface area contributed by atoms with Gasteiger partial charge in [0.1, 0.15) is 0 Å². The SMILES string of the molecule is CCCCCCn1c(Sc2ccc3c4c(cccc24)C(=O)c2ccccc2-3)nc2ccccc21. The second-order valence-electron chi connectivity index (χ2n) is 8.91. The average Bonchev–Trinajstić information content (AvgIpc) is 3.22. The monoisotopic (exact) mass is 462 g/mol. The van der Waals surface area contributed by atoms with E-state index in [1.165, 1.54) is 24.8 Å². The summed E-state index contributed by atoms with van der Waals surface area (Å²) < 4.78 is 2.37. The molecule has 1 aliphatic rings. The summed E-state index contributed by atoms with van der Waals surface area (Å²) in [6.07, 6.45) is 4.88. The number of ketones is 1. The van der Waals surface area contributed by atoms with Crippen LogP contribution in [0.5, 0.6) is 0 Å². The molecule has 1 heterocycles. The van der Waals surface area contributed by atoms with E-state index < -0.39 is 0 Å². The molecular formula is C30H26N2OS. The van der Waals surface area contributed by atoms with Crippen molar-refractivity contribution < 1.29 is 4.79 Å². The van der Waals surface area contributed by atoms with Crippen molar-refractivity contribution in [2.75, 3.05) is 0 Å². The zero-order valence-electron chi connectivity index (χ0n) is 19.3. The number of aryl methyl sites for hydroxylation is 1. The van der Waals surface area contributed by atoms with E-state index in [0.29, 0.717) is 0 Å². The van der Waals surface area contributed by atoms with Gasteiger partial charge in [0.25, 0.3) is 0 Å². The minimum absolute atomic E-state index is 0.110. The van der Waals surface area contributed by atoms with Crippen LogP contribution in [-0.4, -0.2) is 15.3 Å². The molecule has 4 heteroatoms. The van der Waals surface area contributed by atoms with Gasteiger partial charge in [-0.2, -0.15) is 0 Å². The van der Waals surface area contributed by atoms with E-state index in [1.54, 1.807) is 11.8 Å². The van der Waals surface area contributed by atoms with Gasteiger partial charge in [-0.3, -0.25) is 4.79 Å². The number of aromatic nitrogens is 2. The Labute approximate surface area is 203 Å². The van der Waals surface area contributed by atoms with Gasteiger partial charge in [0.15, 0.2) is 10.9 Å². The highest BCUT2D eigenvalue weighted by atomic mass is 32.2. The van der Waals surface area contributed by atoms with Crippen molar-refractivity contribution in [3.8, 4) is 11.1 Å². The van der Waals surface area contributed by atoms with Gasteiger partial charge in [0, 0.05) is 28.0 Å². The molecule has 0 atom stereocenters. The van der Waals surface area contributed by atoms with E-state index in [2.05, 4.69) is 60.0 Å². The molecule has 5 aromatic rings. The molecule has 0 fully saturated rings. The van der Waals surface area contributed by atoms with Crippen LogP contribution in [0.1, 0.15) is 48.5 Å². The molecule has 0 spiro atoms. The molecule has 1 aliphatic carbocycles. The fourth-order valence-corrected chi connectivity index (χ4v) is 6.14. The number of carbonyl (C=O) groups is 1. The highest BCUT2D eigenvalue weighted by Crippen LogP contribution is 2.44. The van der Waals surface area contributed by atoms with Gasteiger partial charge in [-0.1, -0.05) is 98.6 Å². The van der Waals surface area contributed by atoms with Gasteiger partial charge in [0.05, 0.1) is 11.0 Å². The third-order valence-electron chi connectivity index (χ3n) is 6.76. The maximum Gasteiger partial charge on any atom is 0.194 e. The first-order valence-electron chi connectivity index (χ1n) is 12.1. The highest BCUT2D eigenvalue weighted by molar-refractivity contribution is 7.99. The highest BCUT2D eigenvalue weighted by Gasteiger charge is 2.26. The van der Waals surface area contributed by atoms with Crippen molar-refractivity contribution in [2.24, 2.45) is 0 Å². The molecule has 0 saturated carbocycles. The Kier molecular flexibility index (Phi) is 5.46. The molecule has 6 rings (SSSR count). The zero-order valence-corrected chi connectivity index (χ0v) is 20.1. The maximum absolute atomic E-state index is 13.3. The molecule has 0 radical (unpaired) electrons. The van der Waals surface area contributed by atoms with Gasteiger partial charge in [-0.05, 0) is 41.1 Å². The van der Waals surface area contributed by atoms with Gasteiger partial charge < -0.3 is 4.57 Å². The van der Waals surface area contributed by atoms with Crippen LogP contribution in [0.4, 0.5) is 0 Å². The predicted molar refractivity (Wildman–Crippen MR) is 141 cm³/mol. The first-order chi connectivity index (χ1) is 16.8. The van der Waals surface area contributed by atoms with Crippen molar-refractivity contribution in [3.05, 3.63) is 90.0 Å². The van der Waals surface area contributed by atoms with Crippen LogP contribution in [0.2, 0.25) is 0 Å². The van der Waals surface area contributed by atoms with E-state index >= 15 is 0 Å². The number of unbranched alkanes of at least 4 members (excludes halogenated alkanes) is 3. The summed E-state index contributed by atoms with van der Waals surface area (Å²) in [4.78, 5) is 19.4. The largest absolute Gasteiger partial charge is 0.319 e. The van der Waals surface area contributed by atoms with Crippen LogP contribution in [0.3, 0.4) is 0 Å². The maximum atomic E-state index is 13.3. The number of rotatable bonds is 7. The summed E-state index contributed by atoms with van der Waals surface area (Å²) in [6.45, 7) is 3.21. The molecule has 0 N–H and O–H groups in total. The van der Waals surface area contributed by atoms with Crippen LogP contribution in [0.15, 0.2) is 88.9 Å². The van der Waals surface area contributed by atoms with E-state index in [9.17, 15) is 4.79 Å². The van der Waals surface area contributed by atoms with E-state index in [-0.39, 0.29) is 5.78 Å². The quantitative estimate of drug-likeness (QED) is 0.225. The van der Waals surface area contributed by atoms with Crippen molar-refractivity contribution in [2.45, 2.75) is 49.2 Å². The smallest absolute Gasteiger partial charge is 0.194 e. The van der Waals surface area contributed by atoms with Gasteiger partial charge >= 0.3 is 0 Å². The predicted octanol–water partition coefficient (Wildman–Crippen LogP) is 8.13. The molecule has 1 aromatic heterocycles. The van der Waals surface area contributed by atoms with Crippen molar-refractivity contribution in [3.63, 3.8) is 0 Å². The first kappa shape index (κ1) is 21.2. The lowest BCUT2D eigenvalue weighted by molar-refractivity contribution is 0.104. The molecule has 0 unspecified atom stereocenters. The summed E-state index contributed by atoms with van der Waals surface area (Å²) in [6, 6.07) is 26.8. The van der Waals surface area contributed by atoms with E-state index in [0.717, 1.165) is 61.6 Å². The lowest BCUT2D eigenvalue weighted by atomic mass is 9.83. The van der Waals surface area contributed by atoms with Crippen LogP contribution in [0, 0.1) is 0 Å². The van der Waals surface area contributed by atoms with E-state index in [1.807, 2.05) is 30.3 Å². The lowest BCUT2D eigenvalue weighted by Gasteiger charge is -2.21. The van der Waals surface area contributed by atoms with Gasteiger partial charge in [-0.25, -0.2) is 4.98 Å². The second kappa shape index (κ2) is 8.77. The van der Waals surface area contributed by atoms with Crippen molar-refractivity contribution in [1.82, 2.24) is 9.55 Å². The minimum Gasteiger partial charge on any atom is -0.319 e. The van der Waals surface area contributed by atoms with Gasteiger partial charge in [0.2, 0.25) is 0 Å². The number of para-hydroxylation sites is 2. The number of carbonyl (C=O) groups excluding carboxylic acids is 1. The minimum atomic E-state index is 0.110. The molecule has 168 valence electrons. The fourth-order valence-electron chi connectivity index (χ4n) is 5.09. The Morgan fingerprint density at radius 2 is 1.56 bits per heavy atom. The number of fused-ring (bicyclic) bond motifs is 3. The molecule has 0 bridgehead atoms. The molecule has 34 heavy (non-hydrogen) atoms. The zero-order chi connectivity index (χ0) is 23.1. The average molecular weight is 463 g/mol. The topological polar surface area (TPSA) is 34.9 Å². The summed E-state index contributed by atoms with van der Waals surface area (Å²) in [5.74, 6) is 0.110. The second-order valence-corrected chi connectivity index (χ2v) is 9.92. The Balaban J connectivity index is 1.46. The number of hydrogen-bond donors (Lipinski definition) is 0. The third-order valence-corrected chi connectivity index (χ3v) is 7.83. The number of imidazole rings is 1. The fraction of sp³-hybridized carbons (Fsp3) is 0.200. The number of nitrogens with zero attached hydrogens (tertiary/aromatic N) is 2. The Morgan fingerprint density at radius 3 is 2.44 bits per heavy atom. The normalized spacial score (nSPS) is 12.4. The molecule has 3 nitrogen and oxygen atoms in total. The number of benzene rings is 4. The van der Waals surface area contributed by atoms with E-state index in [4.69, 9.17) is 4.98 Å². The van der Waals surface area contributed by atoms with Crippen molar-refractivity contribution in [1.29, 1.82) is 0 Å². The van der Waals surface area contributed by atoms with Crippen LogP contribution < -0.4 is 0 Å². The number of hydrogen-bond acceptors (Lipinski definition) is 3. The van der Waals surface area contributed by atoms with Gasteiger partial charge in [-0.15, -0.1) is 0 Å². The van der Waals surface area contributed by atoms with Crippen molar-refractivity contribution >= 4 is 39.4 Å². The third kappa shape index (κ3) is 3.45. The Morgan fingerprint density at radius 1 is 0.765 bits per heavy atom. The van der Waals surface area contributed by atoms with Crippen LogP contribution in [0.25, 0.3) is 32.9 Å². The summed E-state index contributed by atoms with van der Waals surface area (Å²) >= 11 is 1.71. The Hall–Kier alpha value is -3.37.